The summed E-state index contributed by atoms with van der Waals surface area (Å²) < 4.78 is 0. The van der Waals surface area contributed by atoms with Gasteiger partial charge in [0.1, 0.15) is 0 Å². The molecule has 0 radical (unpaired) electrons. The highest BCUT2D eigenvalue weighted by Crippen LogP contribution is 2.21. The van der Waals surface area contributed by atoms with Gasteiger partial charge in [0.2, 0.25) is 5.91 Å². The molecule has 5 heteroatoms. The van der Waals surface area contributed by atoms with E-state index in [1.165, 1.54) is 6.07 Å². The zero-order valence-electron chi connectivity index (χ0n) is 11.7. The monoisotopic (exact) mass is 294 g/mol. The van der Waals surface area contributed by atoms with E-state index >= 15 is 0 Å². The summed E-state index contributed by atoms with van der Waals surface area (Å²) in [5.74, 6) is -1.64. The van der Waals surface area contributed by atoms with E-state index in [0.717, 1.165) is 6.08 Å². The summed E-state index contributed by atoms with van der Waals surface area (Å²) in [6.07, 6.45) is 1.16. The number of nitrogens with one attached hydrogen (secondary N) is 1. The van der Waals surface area contributed by atoms with Crippen molar-refractivity contribution in [2.45, 2.75) is 0 Å². The van der Waals surface area contributed by atoms with Crippen LogP contribution in [0.3, 0.4) is 0 Å². The summed E-state index contributed by atoms with van der Waals surface area (Å²) in [6, 6.07) is 18.4. The number of imide groups is 1. The molecule has 0 fully saturated rings. The van der Waals surface area contributed by atoms with Crippen molar-refractivity contribution in [1.29, 1.82) is 0 Å². The number of nitrogens with two attached hydrogens (primary N) is 1. The third kappa shape index (κ3) is 3.67. The smallest absolute Gasteiger partial charge is 0.258 e. The third-order valence-corrected chi connectivity index (χ3v) is 2.91. The van der Waals surface area contributed by atoms with Gasteiger partial charge in [-0.3, -0.25) is 19.7 Å². The van der Waals surface area contributed by atoms with Crippen LogP contribution in [0.5, 0.6) is 0 Å². The van der Waals surface area contributed by atoms with E-state index in [9.17, 15) is 14.4 Å². The predicted molar refractivity (Wildman–Crippen MR) is 82.5 cm³/mol. The average molecular weight is 294 g/mol. The van der Waals surface area contributed by atoms with Gasteiger partial charge < -0.3 is 5.73 Å². The fraction of sp³-hybridized carbons (Fsp3) is 0. The van der Waals surface area contributed by atoms with Gasteiger partial charge in [-0.2, -0.15) is 0 Å². The molecule has 3 amide bonds. The predicted octanol–water partition coefficient (Wildman–Crippen LogP) is 1.51. The van der Waals surface area contributed by atoms with Crippen LogP contribution in [0.15, 0.2) is 66.7 Å². The number of amides is 3. The maximum Gasteiger partial charge on any atom is 0.258 e. The number of hydrogen-bond acceptors (Lipinski definition) is 3. The molecule has 110 valence electrons. The van der Waals surface area contributed by atoms with Gasteiger partial charge in [0.15, 0.2) is 0 Å². The van der Waals surface area contributed by atoms with Crippen LogP contribution in [0.4, 0.5) is 0 Å². The minimum Gasteiger partial charge on any atom is -0.366 e. The molecule has 2 aromatic carbocycles. The van der Waals surface area contributed by atoms with Crippen LogP contribution in [0.2, 0.25) is 0 Å². The van der Waals surface area contributed by atoms with Crippen LogP contribution in [0, 0.1) is 0 Å². The summed E-state index contributed by atoms with van der Waals surface area (Å²) in [4.78, 5) is 33.5. The first-order chi connectivity index (χ1) is 10.6. The fourth-order valence-corrected chi connectivity index (χ4v) is 1.93. The minimum absolute atomic E-state index is 0.166. The molecule has 3 N–H and O–H groups in total. The van der Waals surface area contributed by atoms with Crippen molar-refractivity contribution in [3.05, 3.63) is 77.9 Å². The van der Waals surface area contributed by atoms with Crippen LogP contribution >= 0.6 is 0 Å². The highest BCUT2D eigenvalue weighted by atomic mass is 16.2. The van der Waals surface area contributed by atoms with Crippen LogP contribution in [0.1, 0.15) is 15.9 Å². The standard InChI is InChI=1S/C11H8N2O3.C6H6/c12-10(15)7-4-2-1-3-6(7)8-5-9(14)13-11(8)16;1-2-4-6-5-3-1/h1-5H,(H2,12,15)(H,13,14,16);1-6H. The third-order valence-electron chi connectivity index (χ3n) is 2.91. The maximum atomic E-state index is 11.4. The van der Waals surface area contributed by atoms with Gasteiger partial charge >= 0.3 is 0 Å². The molecule has 1 aliphatic rings. The van der Waals surface area contributed by atoms with Gasteiger partial charge in [-0.25, -0.2) is 0 Å². The Bertz CT molecular complexity index is 710. The summed E-state index contributed by atoms with van der Waals surface area (Å²) >= 11 is 0. The lowest BCUT2D eigenvalue weighted by Crippen LogP contribution is -2.22. The van der Waals surface area contributed by atoms with Crippen LogP contribution in [0.25, 0.3) is 5.57 Å². The Morgan fingerprint density at radius 2 is 1.41 bits per heavy atom. The van der Waals surface area contributed by atoms with E-state index in [2.05, 4.69) is 5.32 Å². The highest BCUT2D eigenvalue weighted by molar-refractivity contribution is 6.34. The van der Waals surface area contributed by atoms with Crippen LogP contribution in [-0.4, -0.2) is 17.7 Å². The van der Waals surface area contributed by atoms with Crippen molar-refractivity contribution >= 4 is 23.3 Å². The zero-order valence-corrected chi connectivity index (χ0v) is 11.7. The quantitative estimate of drug-likeness (QED) is 0.823. The lowest BCUT2D eigenvalue weighted by Gasteiger charge is -2.05. The van der Waals surface area contributed by atoms with Crippen molar-refractivity contribution in [3.63, 3.8) is 0 Å². The number of hydrogen-bond donors (Lipinski definition) is 2. The van der Waals surface area contributed by atoms with Crippen LogP contribution in [-0.2, 0) is 9.59 Å². The maximum absolute atomic E-state index is 11.4. The van der Waals surface area contributed by atoms with Crippen LogP contribution < -0.4 is 11.1 Å². The second kappa shape index (κ2) is 6.99. The number of primary amides is 1. The van der Waals surface area contributed by atoms with E-state index in [4.69, 9.17) is 5.73 Å². The van der Waals surface area contributed by atoms with Crippen molar-refractivity contribution in [2.75, 3.05) is 0 Å². The molecule has 1 aliphatic heterocycles. The molecule has 0 atom stereocenters. The molecular formula is C17H14N2O3. The van der Waals surface area contributed by atoms with Gasteiger partial charge in [-0.1, -0.05) is 54.6 Å². The molecule has 0 aromatic heterocycles. The summed E-state index contributed by atoms with van der Waals surface area (Å²) in [6.45, 7) is 0. The normalized spacial score (nSPS) is 12.8. The molecule has 0 bridgehead atoms. The first-order valence-corrected chi connectivity index (χ1v) is 6.56. The largest absolute Gasteiger partial charge is 0.366 e. The average Bonchev–Trinajstić information content (AvgIpc) is 2.88. The molecule has 0 spiro atoms. The van der Waals surface area contributed by atoms with E-state index < -0.39 is 17.7 Å². The molecule has 5 nitrogen and oxygen atoms in total. The Morgan fingerprint density at radius 3 is 1.86 bits per heavy atom. The van der Waals surface area contributed by atoms with Gasteiger partial charge in [-0.15, -0.1) is 0 Å². The van der Waals surface area contributed by atoms with Crippen molar-refractivity contribution in [2.24, 2.45) is 5.73 Å². The summed E-state index contributed by atoms with van der Waals surface area (Å²) in [5.41, 5.74) is 5.94. The fourth-order valence-electron chi connectivity index (χ4n) is 1.93. The molecule has 0 saturated heterocycles. The Kier molecular flexibility index (Phi) is 4.82. The second-order valence-corrected chi connectivity index (χ2v) is 4.44. The van der Waals surface area contributed by atoms with E-state index in [-0.39, 0.29) is 11.1 Å². The van der Waals surface area contributed by atoms with Gasteiger partial charge in [0.25, 0.3) is 11.8 Å². The molecular weight excluding hydrogens is 280 g/mol. The highest BCUT2D eigenvalue weighted by Gasteiger charge is 2.24. The van der Waals surface area contributed by atoms with Crippen molar-refractivity contribution < 1.29 is 14.4 Å². The van der Waals surface area contributed by atoms with E-state index in [1.807, 2.05) is 36.4 Å². The molecule has 2 aromatic rings. The molecule has 3 rings (SSSR count). The SMILES string of the molecule is NC(=O)c1ccccc1C1=CC(=O)NC1=O.c1ccccc1. The molecule has 0 unspecified atom stereocenters. The number of benzene rings is 2. The van der Waals surface area contributed by atoms with Gasteiger partial charge in [-0.05, 0) is 6.07 Å². The molecule has 0 aliphatic carbocycles. The lowest BCUT2D eigenvalue weighted by atomic mass is 9.99. The minimum atomic E-state index is -0.636. The van der Waals surface area contributed by atoms with E-state index in [0.29, 0.717) is 5.56 Å². The van der Waals surface area contributed by atoms with Crippen molar-refractivity contribution in [1.82, 2.24) is 5.32 Å². The number of carbonyl (C=O) groups is 3. The topological polar surface area (TPSA) is 89.3 Å². The lowest BCUT2D eigenvalue weighted by molar-refractivity contribution is -0.123. The van der Waals surface area contributed by atoms with Crippen molar-refractivity contribution in [3.8, 4) is 0 Å². The Morgan fingerprint density at radius 1 is 0.864 bits per heavy atom. The number of rotatable bonds is 2. The summed E-state index contributed by atoms with van der Waals surface area (Å²) in [5, 5.41) is 2.11. The molecule has 1 heterocycles. The Labute approximate surface area is 127 Å². The summed E-state index contributed by atoms with van der Waals surface area (Å²) in [7, 11) is 0. The second-order valence-electron chi connectivity index (χ2n) is 4.44. The molecule has 0 saturated carbocycles. The molecule has 22 heavy (non-hydrogen) atoms. The Hall–Kier alpha value is -3.21. The zero-order chi connectivity index (χ0) is 15.9. The van der Waals surface area contributed by atoms with E-state index in [1.54, 1.807) is 18.2 Å². The number of carbonyl (C=O) groups excluding carboxylic acids is 3. The Balaban J connectivity index is 0.000000246. The first kappa shape index (κ1) is 15.2. The van der Waals surface area contributed by atoms with Gasteiger partial charge in [0.05, 0.1) is 5.57 Å². The first-order valence-electron chi connectivity index (χ1n) is 6.56. The van der Waals surface area contributed by atoms with Gasteiger partial charge in [0, 0.05) is 17.2 Å².